The first-order chi connectivity index (χ1) is 12.2. The SMILES string of the molecule is Cn1cc(C2CN(C(=O)NC3CCCCC3)Cc3ccccc32)cn1. The minimum absolute atomic E-state index is 0.0790. The number of amides is 2. The van der Waals surface area contributed by atoms with Gasteiger partial charge in [-0.2, -0.15) is 5.10 Å². The smallest absolute Gasteiger partial charge is 0.317 e. The molecule has 0 bridgehead atoms. The summed E-state index contributed by atoms with van der Waals surface area (Å²) in [6, 6.07) is 8.88. The number of rotatable bonds is 2. The highest BCUT2D eigenvalue weighted by Crippen LogP contribution is 2.33. The van der Waals surface area contributed by atoms with E-state index >= 15 is 0 Å². The Morgan fingerprint density at radius 1 is 1.20 bits per heavy atom. The van der Waals surface area contributed by atoms with E-state index in [9.17, 15) is 4.79 Å². The molecule has 1 aliphatic carbocycles. The van der Waals surface area contributed by atoms with E-state index < -0.39 is 0 Å². The lowest BCUT2D eigenvalue weighted by Crippen LogP contribution is -2.48. The fourth-order valence-corrected chi connectivity index (χ4v) is 4.18. The number of hydrogen-bond donors (Lipinski definition) is 1. The first-order valence-electron chi connectivity index (χ1n) is 9.32. The van der Waals surface area contributed by atoms with Crippen LogP contribution in [0.4, 0.5) is 4.79 Å². The molecular formula is C20H26N4O. The summed E-state index contributed by atoms with van der Waals surface area (Å²) in [4.78, 5) is 14.8. The number of aromatic nitrogens is 2. The molecule has 2 aliphatic rings. The number of urea groups is 1. The quantitative estimate of drug-likeness (QED) is 0.912. The summed E-state index contributed by atoms with van der Waals surface area (Å²) in [6.45, 7) is 1.40. The van der Waals surface area contributed by atoms with Crippen molar-refractivity contribution >= 4 is 6.03 Å². The van der Waals surface area contributed by atoms with Gasteiger partial charge in [0.1, 0.15) is 0 Å². The number of fused-ring (bicyclic) bond motifs is 1. The van der Waals surface area contributed by atoms with Crippen LogP contribution in [0.15, 0.2) is 36.7 Å². The average Bonchev–Trinajstić information content (AvgIpc) is 3.08. The molecule has 132 valence electrons. The Bertz CT molecular complexity index is 748. The number of nitrogens with zero attached hydrogens (tertiary/aromatic N) is 3. The summed E-state index contributed by atoms with van der Waals surface area (Å²) >= 11 is 0. The maximum atomic E-state index is 12.9. The molecule has 1 atom stereocenters. The van der Waals surface area contributed by atoms with Crippen LogP contribution in [-0.2, 0) is 13.6 Å². The van der Waals surface area contributed by atoms with E-state index in [2.05, 4.69) is 40.9 Å². The number of aryl methyl sites for hydroxylation is 1. The Hall–Kier alpha value is -2.30. The number of carbonyl (C=O) groups excluding carboxylic acids is 1. The predicted molar refractivity (Wildman–Crippen MR) is 97.3 cm³/mol. The number of hydrogen-bond acceptors (Lipinski definition) is 2. The molecule has 0 spiro atoms. The maximum absolute atomic E-state index is 12.9. The van der Waals surface area contributed by atoms with E-state index in [4.69, 9.17) is 0 Å². The molecule has 4 rings (SSSR count). The molecule has 2 aromatic rings. The monoisotopic (exact) mass is 338 g/mol. The highest BCUT2D eigenvalue weighted by atomic mass is 16.2. The molecular weight excluding hydrogens is 312 g/mol. The van der Waals surface area contributed by atoms with Crippen molar-refractivity contribution in [3.63, 3.8) is 0 Å². The Morgan fingerprint density at radius 3 is 2.76 bits per heavy atom. The zero-order chi connectivity index (χ0) is 17.2. The molecule has 0 saturated heterocycles. The van der Waals surface area contributed by atoms with Crippen LogP contribution in [0, 0.1) is 0 Å². The lowest BCUT2D eigenvalue weighted by molar-refractivity contribution is 0.181. The lowest BCUT2D eigenvalue weighted by atomic mass is 9.86. The Balaban J connectivity index is 1.55. The summed E-state index contributed by atoms with van der Waals surface area (Å²) in [7, 11) is 1.94. The van der Waals surface area contributed by atoms with Gasteiger partial charge in [0.05, 0.1) is 6.20 Å². The predicted octanol–water partition coefficient (Wildman–Crippen LogP) is 3.41. The van der Waals surface area contributed by atoms with E-state index in [1.165, 1.54) is 36.0 Å². The third-order valence-corrected chi connectivity index (χ3v) is 5.54. The molecule has 5 heteroatoms. The highest BCUT2D eigenvalue weighted by molar-refractivity contribution is 5.75. The minimum atomic E-state index is 0.0790. The van der Waals surface area contributed by atoms with Crippen LogP contribution < -0.4 is 5.32 Å². The fraction of sp³-hybridized carbons (Fsp3) is 0.500. The molecule has 1 aliphatic heterocycles. The molecule has 1 saturated carbocycles. The molecule has 1 fully saturated rings. The number of benzene rings is 1. The highest BCUT2D eigenvalue weighted by Gasteiger charge is 2.30. The van der Waals surface area contributed by atoms with Crippen molar-refractivity contribution in [1.29, 1.82) is 0 Å². The van der Waals surface area contributed by atoms with Crippen molar-refractivity contribution in [3.8, 4) is 0 Å². The summed E-state index contributed by atoms with van der Waals surface area (Å²) in [5.74, 6) is 0.191. The van der Waals surface area contributed by atoms with E-state index in [-0.39, 0.29) is 11.9 Å². The first kappa shape index (κ1) is 16.2. The van der Waals surface area contributed by atoms with Gasteiger partial charge in [0.25, 0.3) is 0 Å². The fourth-order valence-electron chi connectivity index (χ4n) is 4.18. The van der Waals surface area contributed by atoms with Gasteiger partial charge < -0.3 is 10.2 Å². The van der Waals surface area contributed by atoms with Gasteiger partial charge >= 0.3 is 6.03 Å². The Morgan fingerprint density at radius 2 is 2.00 bits per heavy atom. The van der Waals surface area contributed by atoms with Crippen LogP contribution in [-0.4, -0.2) is 33.3 Å². The van der Waals surface area contributed by atoms with Gasteiger partial charge in [-0.15, -0.1) is 0 Å². The summed E-state index contributed by atoms with van der Waals surface area (Å²) in [5.41, 5.74) is 3.73. The maximum Gasteiger partial charge on any atom is 0.317 e. The van der Waals surface area contributed by atoms with Crippen molar-refractivity contribution in [2.75, 3.05) is 6.54 Å². The number of nitrogens with one attached hydrogen (secondary N) is 1. The summed E-state index contributed by atoms with van der Waals surface area (Å²) < 4.78 is 1.83. The molecule has 25 heavy (non-hydrogen) atoms. The average molecular weight is 338 g/mol. The number of carbonyl (C=O) groups is 1. The second-order valence-electron chi connectivity index (χ2n) is 7.36. The zero-order valence-corrected chi connectivity index (χ0v) is 14.8. The second-order valence-corrected chi connectivity index (χ2v) is 7.36. The van der Waals surface area contributed by atoms with E-state index in [0.29, 0.717) is 19.1 Å². The Labute approximate surface area is 149 Å². The molecule has 1 aromatic heterocycles. The minimum Gasteiger partial charge on any atom is -0.335 e. The van der Waals surface area contributed by atoms with Crippen molar-refractivity contribution in [2.24, 2.45) is 7.05 Å². The standard InChI is InChI=1S/C20H26N4O/c1-23-12-16(11-21-23)19-14-24(13-15-7-5-6-10-18(15)19)20(25)22-17-8-3-2-4-9-17/h5-7,10-12,17,19H,2-4,8-9,13-14H2,1H3,(H,22,25). The molecule has 1 N–H and O–H groups in total. The van der Waals surface area contributed by atoms with Gasteiger partial charge in [-0.05, 0) is 29.5 Å². The molecule has 2 amide bonds. The third-order valence-electron chi connectivity index (χ3n) is 5.54. The Kier molecular flexibility index (Phi) is 4.47. The summed E-state index contributed by atoms with van der Waals surface area (Å²) in [6.07, 6.45) is 9.96. The van der Waals surface area contributed by atoms with Crippen LogP contribution in [0.3, 0.4) is 0 Å². The second kappa shape index (κ2) is 6.90. The van der Waals surface area contributed by atoms with Crippen LogP contribution in [0.1, 0.15) is 54.7 Å². The summed E-state index contributed by atoms with van der Waals surface area (Å²) in [5, 5.41) is 7.59. The molecule has 2 heterocycles. The van der Waals surface area contributed by atoms with Gasteiger partial charge in [-0.3, -0.25) is 4.68 Å². The van der Waals surface area contributed by atoms with Crippen molar-refractivity contribution in [3.05, 3.63) is 53.3 Å². The molecule has 1 aromatic carbocycles. The molecule has 0 radical (unpaired) electrons. The van der Waals surface area contributed by atoms with Crippen LogP contribution >= 0.6 is 0 Å². The van der Waals surface area contributed by atoms with E-state index in [0.717, 1.165) is 12.8 Å². The third kappa shape index (κ3) is 3.41. The largest absolute Gasteiger partial charge is 0.335 e. The van der Waals surface area contributed by atoms with Gasteiger partial charge in [-0.1, -0.05) is 43.5 Å². The van der Waals surface area contributed by atoms with Crippen molar-refractivity contribution in [2.45, 2.75) is 50.6 Å². The van der Waals surface area contributed by atoms with Crippen LogP contribution in [0.2, 0.25) is 0 Å². The topological polar surface area (TPSA) is 50.2 Å². The van der Waals surface area contributed by atoms with Crippen LogP contribution in [0.25, 0.3) is 0 Å². The van der Waals surface area contributed by atoms with E-state index in [1.807, 2.05) is 22.8 Å². The van der Waals surface area contributed by atoms with Crippen LogP contribution in [0.5, 0.6) is 0 Å². The van der Waals surface area contributed by atoms with E-state index in [1.54, 1.807) is 0 Å². The lowest BCUT2D eigenvalue weighted by Gasteiger charge is -2.36. The van der Waals surface area contributed by atoms with Gasteiger partial charge in [0.15, 0.2) is 0 Å². The normalized spacial score (nSPS) is 21.0. The van der Waals surface area contributed by atoms with Gasteiger partial charge in [-0.25, -0.2) is 4.79 Å². The molecule has 5 nitrogen and oxygen atoms in total. The zero-order valence-electron chi connectivity index (χ0n) is 14.8. The van der Waals surface area contributed by atoms with Crippen molar-refractivity contribution < 1.29 is 4.79 Å². The van der Waals surface area contributed by atoms with Gasteiger partial charge in [0, 0.05) is 38.3 Å². The van der Waals surface area contributed by atoms with Gasteiger partial charge in [0.2, 0.25) is 0 Å². The first-order valence-corrected chi connectivity index (χ1v) is 9.32. The van der Waals surface area contributed by atoms with Crippen molar-refractivity contribution in [1.82, 2.24) is 20.0 Å². The molecule has 1 unspecified atom stereocenters.